The number of nitrogens with two attached hydrogens (primary N) is 1. The van der Waals surface area contributed by atoms with Gasteiger partial charge < -0.3 is 10.5 Å². The van der Waals surface area contributed by atoms with E-state index in [2.05, 4.69) is 4.98 Å². The number of pyridine rings is 1. The lowest BCUT2D eigenvalue weighted by atomic mass is 10.1. The van der Waals surface area contributed by atoms with Gasteiger partial charge in [-0.2, -0.15) is 5.26 Å². The fourth-order valence-electron chi connectivity index (χ4n) is 1.64. The lowest BCUT2D eigenvalue weighted by molar-refractivity contribution is 0.342. The van der Waals surface area contributed by atoms with E-state index in [1.807, 2.05) is 31.2 Å². The summed E-state index contributed by atoms with van der Waals surface area (Å²) in [5, 5.41) is 10.5. The van der Waals surface area contributed by atoms with Crippen LogP contribution < -0.4 is 10.5 Å². The van der Waals surface area contributed by atoms with Crippen molar-refractivity contribution >= 4 is 16.5 Å². The summed E-state index contributed by atoms with van der Waals surface area (Å²) in [6.45, 7) is 2.43. The molecule has 2 rings (SSSR count). The standard InChI is InChI=1S/C12H11N3O/c1-2-16-10-4-3-8-5-6-15-9(7-13)11(8)12(10)14/h3-6H,2,14H2,1H3. The first-order chi connectivity index (χ1) is 7.77. The minimum absolute atomic E-state index is 0.330. The average molecular weight is 213 g/mol. The Morgan fingerprint density at radius 2 is 2.25 bits per heavy atom. The molecule has 0 radical (unpaired) electrons. The van der Waals surface area contributed by atoms with E-state index in [1.54, 1.807) is 6.20 Å². The maximum atomic E-state index is 8.97. The van der Waals surface area contributed by atoms with E-state index in [0.717, 1.165) is 5.39 Å². The highest BCUT2D eigenvalue weighted by Crippen LogP contribution is 2.31. The van der Waals surface area contributed by atoms with Crippen LogP contribution in [0, 0.1) is 11.3 Å². The van der Waals surface area contributed by atoms with Gasteiger partial charge in [0.1, 0.15) is 17.5 Å². The maximum Gasteiger partial charge on any atom is 0.150 e. The first-order valence-corrected chi connectivity index (χ1v) is 4.98. The first-order valence-electron chi connectivity index (χ1n) is 4.98. The molecule has 0 aliphatic heterocycles. The van der Waals surface area contributed by atoms with Crippen LogP contribution >= 0.6 is 0 Å². The van der Waals surface area contributed by atoms with Gasteiger partial charge >= 0.3 is 0 Å². The van der Waals surface area contributed by atoms with Gasteiger partial charge in [-0.25, -0.2) is 4.98 Å². The van der Waals surface area contributed by atoms with Gasteiger partial charge in [0.25, 0.3) is 0 Å². The van der Waals surface area contributed by atoms with Gasteiger partial charge in [0, 0.05) is 11.6 Å². The Kier molecular flexibility index (Phi) is 2.61. The fraction of sp³-hybridized carbons (Fsp3) is 0.167. The molecule has 2 N–H and O–H groups in total. The molecule has 2 aromatic rings. The van der Waals surface area contributed by atoms with E-state index in [-0.39, 0.29) is 0 Å². The zero-order valence-electron chi connectivity index (χ0n) is 8.90. The third-order valence-corrected chi connectivity index (χ3v) is 2.34. The van der Waals surface area contributed by atoms with Crippen LogP contribution in [0.2, 0.25) is 0 Å². The van der Waals surface area contributed by atoms with Gasteiger partial charge in [0.15, 0.2) is 0 Å². The number of nitrogen functional groups attached to an aromatic ring is 1. The van der Waals surface area contributed by atoms with Crippen LogP contribution in [-0.2, 0) is 0 Å². The van der Waals surface area contributed by atoms with Crippen molar-refractivity contribution in [3.63, 3.8) is 0 Å². The summed E-state index contributed by atoms with van der Waals surface area (Å²) in [6, 6.07) is 7.54. The number of benzene rings is 1. The van der Waals surface area contributed by atoms with Gasteiger partial charge in [0.05, 0.1) is 12.3 Å². The number of anilines is 1. The molecule has 1 aromatic heterocycles. The molecule has 1 heterocycles. The topological polar surface area (TPSA) is 71.9 Å². The molecule has 0 fully saturated rings. The van der Waals surface area contributed by atoms with Gasteiger partial charge in [-0.3, -0.25) is 0 Å². The summed E-state index contributed by atoms with van der Waals surface area (Å²) in [7, 11) is 0. The fourth-order valence-corrected chi connectivity index (χ4v) is 1.64. The lowest BCUT2D eigenvalue weighted by Gasteiger charge is -2.09. The smallest absolute Gasteiger partial charge is 0.150 e. The van der Waals surface area contributed by atoms with Crippen molar-refractivity contribution in [3.05, 3.63) is 30.1 Å². The largest absolute Gasteiger partial charge is 0.492 e. The molecule has 1 aromatic carbocycles. The Morgan fingerprint density at radius 1 is 1.44 bits per heavy atom. The number of aromatic nitrogens is 1. The zero-order chi connectivity index (χ0) is 11.5. The Hall–Kier alpha value is -2.28. The van der Waals surface area contributed by atoms with Crippen LogP contribution in [0.3, 0.4) is 0 Å². The second-order valence-corrected chi connectivity index (χ2v) is 3.28. The van der Waals surface area contributed by atoms with Gasteiger partial charge in [-0.05, 0) is 24.4 Å². The number of hydrogen-bond donors (Lipinski definition) is 1. The van der Waals surface area contributed by atoms with E-state index in [9.17, 15) is 0 Å². The van der Waals surface area contributed by atoms with Crippen molar-refractivity contribution in [1.82, 2.24) is 4.98 Å². The molecule has 0 saturated heterocycles. The molecule has 16 heavy (non-hydrogen) atoms. The number of ether oxygens (including phenoxy) is 1. The number of nitrogens with zero attached hydrogens (tertiary/aromatic N) is 2. The highest BCUT2D eigenvalue weighted by atomic mass is 16.5. The first kappa shape index (κ1) is 10.2. The van der Waals surface area contributed by atoms with Crippen LogP contribution in [0.15, 0.2) is 24.4 Å². The predicted octanol–water partition coefficient (Wildman–Crippen LogP) is 2.09. The number of hydrogen-bond acceptors (Lipinski definition) is 4. The summed E-state index contributed by atoms with van der Waals surface area (Å²) >= 11 is 0. The van der Waals surface area contributed by atoms with E-state index in [0.29, 0.717) is 29.1 Å². The Morgan fingerprint density at radius 3 is 2.94 bits per heavy atom. The SMILES string of the molecule is CCOc1ccc2ccnc(C#N)c2c1N. The van der Waals surface area contributed by atoms with Crippen LogP contribution in [0.25, 0.3) is 10.8 Å². The molecule has 0 atom stereocenters. The van der Waals surface area contributed by atoms with Crippen molar-refractivity contribution in [2.24, 2.45) is 0 Å². The van der Waals surface area contributed by atoms with Crippen molar-refractivity contribution in [3.8, 4) is 11.8 Å². The van der Waals surface area contributed by atoms with Crippen LogP contribution in [0.5, 0.6) is 5.75 Å². The number of rotatable bonds is 2. The van der Waals surface area contributed by atoms with E-state index in [1.165, 1.54) is 0 Å². The molecule has 0 aliphatic rings. The Balaban J connectivity index is 2.76. The van der Waals surface area contributed by atoms with Gasteiger partial charge in [-0.1, -0.05) is 6.07 Å². The van der Waals surface area contributed by atoms with E-state index >= 15 is 0 Å². The molecule has 0 amide bonds. The van der Waals surface area contributed by atoms with Crippen molar-refractivity contribution in [2.75, 3.05) is 12.3 Å². The predicted molar refractivity (Wildman–Crippen MR) is 62.0 cm³/mol. The molecule has 0 aliphatic carbocycles. The summed E-state index contributed by atoms with van der Waals surface area (Å²) in [5.41, 5.74) is 6.77. The molecule has 0 bridgehead atoms. The number of nitriles is 1. The number of fused-ring (bicyclic) bond motifs is 1. The highest BCUT2D eigenvalue weighted by Gasteiger charge is 2.09. The molecule has 0 saturated carbocycles. The lowest BCUT2D eigenvalue weighted by Crippen LogP contribution is -1.99. The molecular formula is C12H11N3O. The molecule has 80 valence electrons. The monoisotopic (exact) mass is 213 g/mol. The minimum Gasteiger partial charge on any atom is -0.492 e. The summed E-state index contributed by atoms with van der Waals surface area (Å²) in [4.78, 5) is 3.99. The molecule has 0 unspecified atom stereocenters. The molecular weight excluding hydrogens is 202 g/mol. The van der Waals surface area contributed by atoms with Gasteiger partial charge in [-0.15, -0.1) is 0 Å². The second-order valence-electron chi connectivity index (χ2n) is 3.28. The van der Waals surface area contributed by atoms with Gasteiger partial charge in [0.2, 0.25) is 0 Å². The Bertz CT molecular complexity index is 572. The quantitative estimate of drug-likeness (QED) is 0.775. The van der Waals surface area contributed by atoms with Crippen molar-refractivity contribution in [2.45, 2.75) is 6.92 Å². The average Bonchev–Trinajstić information content (AvgIpc) is 2.32. The van der Waals surface area contributed by atoms with Crippen molar-refractivity contribution in [1.29, 1.82) is 5.26 Å². The summed E-state index contributed by atoms with van der Waals surface area (Å²) in [6.07, 6.45) is 1.60. The Labute approximate surface area is 93.3 Å². The van der Waals surface area contributed by atoms with Crippen LogP contribution in [0.1, 0.15) is 12.6 Å². The maximum absolute atomic E-state index is 8.97. The van der Waals surface area contributed by atoms with Crippen LogP contribution in [0.4, 0.5) is 5.69 Å². The molecule has 4 nitrogen and oxygen atoms in total. The summed E-state index contributed by atoms with van der Waals surface area (Å²) < 4.78 is 5.38. The molecule has 0 spiro atoms. The van der Waals surface area contributed by atoms with E-state index in [4.69, 9.17) is 15.7 Å². The van der Waals surface area contributed by atoms with Crippen molar-refractivity contribution < 1.29 is 4.74 Å². The van der Waals surface area contributed by atoms with E-state index < -0.39 is 0 Å². The third-order valence-electron chi connectivity index (χ3n) is 2.34. The zero-order valence-corrected chi connectivity index (χ0v) is 8.90. The minimum atomic E-state index is 0.330. The second kappa shape index (κ2) is 4.07. The molecule has 4 heteroatoms. The highest BCUT2D eigenvalue weighted by molar-refractivity contribution is 5.98. The normalized spacial score (nSPS) is 10.0. The summed E-state index contributed by atoms with van der Waals surface area (Å²) in [5.74, 6) is 0.597. The van der Waals surface area contributed by atoms with Crippen LogP contribution in [-0.4, -0.2) is 11.6 Å². The third kappa shape index (κ3) is 1.52.